The molecule has 2 aromatic rings. The number of carbonyl (C=O) groups is 1. The normalized spacial score (nSPS) is 15.9. The fourth-order valence-electron chi connectivity index (χ4n) is 2.56. The molecule has 22 heavy (non-hydrogen) atoms. The van der Waals surface area contributed by atoms with E-state index in [9.17, 15) is 4.79 Å². The third-order valence-corrected chi connectivity index (χ3v) is 4.28. The first-order valence-corrected chi connectivity index (χ1v) is 7.90. The SMILES string of the molecule is O=C(NC(Cc1ccc(Cl)cc1)c1ccccc1)C1CNC1. The molecule has 3 rings (SSSR count). The topological polar surface area (TPSA) is 41.1 Å². The van der Waals surface area contributed by atoms with Gasteiger partial charge in [-0.1, -0.05) is 54.1 Å². The average Bonchev–Trinajstić information content (AvgIpc) is 2.48. The Kier molecular flexibility index (Phi) is 4.76. The predicted octanol–water partition coefficient (Wildman–Crippen LogP) is 2.96. The minimum absolute atomic E-state index is 0.0181. The van der Waals surface area contributed by atoms with Gasteiger partial charge < -0.3 is 10.6 Å². The largest absolute Gasteiger partial charge is 0.349 e. The van der Waals surface area contributed by atoms with Gasteiger partial charge >= 0.3 is 0 Å². The maximum Gasteiger partial charge on any atom is 0.226 e. The molecule has 1 unspecified atom stereocenters. The molecule has 1 aliphatic heterocycles. The number of nitrogens with one attached hydrogen (secondary N) is 2. The van der Waals surface area contributed by atoms with E-state index < -0.39 is 0 Å². The van der Waals surface area contributed by atoms with Crippen molar-refractivity contribution in [2.24, 2.45) is 5.92 Å². The number of rotatable bonds is 5. The Labute approximate surface area is 135 Å². The molecular weight excluding hydrogens is 296 g/mol. The van der Waals surface area contributed by atoms with Crippen molar-refractivity contribution in [3.63, 3.8) is 0 Å². The van der Waals surface area contributed by atoms with Crippen molar-refractivity contribution < 1.29 is 4.79 Å². The van der Waals surface area contributed by atoms with Gasteiger partial charge in [0, 0.05) is 18.1 Å². The van der Waals surface area contributed by atoms with Crippen LogP contribution in [0.2, 0.25) is 5.02 Å². The van der Waals surface area contributed by atoms with Gasteiger partial charge in [-0.05, 0) is 29.7 Å². The van der Waals surface area contributed by atoms with E-state index in [4.69, 9.17) is 11.6 Å². The lowest BCUT2D eigenvalue weighted by Crippen LogP contribution is -2.51. The van der Waals surface area contributed by atoms with E-state index in [2.05, 4.69) is 22.8 Å². The van der Waals surface area contributed by atoms with E-state index >= 15 is 0 Å². The van der Waals surface area contributed by atoms with E-state index in [1.807, 2.05) is 42.5 Å². The molecule has 0 spiro atoms. The Morgan fingerprint density at radius 3 is 2.41 bits per heavy atom. The van der Waals surface area contributed by atoms with Crippen LogP contribution in [0.25, 0.3) is 0 Å². The zero-order chi connectivity index (χ0) is 15.4. The van der Waals surface area contributed by atoms with Gasteiger partial charge in [-0.25, -0.2) is 0 Å². The number of amides is 1. The van der Waals surface area contributed by atoms with Gasteiger partial charge in [0.15, 0.2) is 0 Å². The summed E-state index contributed by atoms with van der Waals surface area (Å²) in [5, 5.41) is 7.05. The number of hydrogen-bond donors (Lipinski definition) is 2. The van der Waals surface area contributed by atoms with Crippen molar-refractivity contribution in [2.45, 2.75) is 12.5 Å². The zero-order valence-electron chi connectivity index (χ0n) is 12.3. The second-order valence-electron chi connectivity index (χ2n) is 5.66. The van der Waals surface area contributed by atoms with Crippen LogP contribution in [0.5, 0.6) is 0 Å². The standard InChI is InChI=1S/C18H19ClN2O/c19-16-8-6-13(7-9-16)10-17(14-4-2-1-3-5-14)21-18(22)15-11-20-12-15/h1-9,15,17,20H,10-12H2,(H,21,22). The van der Waals surface area contributed by atoms with Gasteiger partial charge in [-0.3, -0.25) is 4.79 Å². The van der Waals surface area contributed by atoms with Crippen molar-refractivity contribution >= 4 is 17.5 Å². The maximum absolute atomic E-state index is 12.3. The van der Waals surface area contributed by atoms with Crippen LogP contribution in [0.4, 0.5) is 0 Å². The first-order valence-electron chi connectivity index (χ1n) is 7.53. The van der Waals surface area contributed by atoms with Crippen LogP contribution in [-0.2, 0) is 11.2 Å². The van der Waals surface area contributed by atoms with Crippen LogP contribution >= 0.6 is 11.6 Å². The van der Waals surface area contributed by atoms with Gasteiger partial charge in [0.25, 0.3) is 0 Å². The Bertz CT molecular complexity index is 623. The van der Waals surface area contributed by atoms with Crippen LogP contribution in [0.3, 0.4) is 0 Å². The lowest BCUT2D eigenvalue weighted by Gasteiger charge is -2.29. The highest BCUT2D eigenvalue weighted by molar-refractivity contribution is 6.30. The molecule has 0 aliphatic carbocycles. The zero-order valence-corrected chi connectivity index (χ0v) is 13.0. The third kappa shape index (κ3) is 3.67. The number of halogens is 1. The fraction of sp³-hybridized carbons (Fsp3) is 0.278. The van der Waals surface area contributed by atoms with E-state index in [1.54, 1.807) is 0 Å². The molecule has 1 amide bonds. The Morgan fingerprint density at radius 2 is 1.82 bits per heavy atom. The van der Waals surface area contributed by atoms with Crippen molar-refractivity contribution in [2.75, 3.05) is 13.1 Å². The maximum atomic E-state index is 12.3. The summed E-state index contributed by atoms with van der Waals surface area (Å²) in [4.78, 5) is 12.3. The Hall–Kier alpha value is -1.84. The minimum atomic E-state index is -0.0181. The molecule has 0 aromatic heterocycles. The summed E-state index contributed by atoms with van der Waals surface area (Å²) in [5.41, 5.74) is 2.28. The van der Waals surface area contributed by atoms with Crippen LogP contribution in [0.1, 0.15) is 17.2 Å². The summed E-state index contributed by atoms with van der Waals surface area (Å²) >= 11 is 5.94. The van der Waals surface area contributed by atoms with Crippen LogP contribution in [0, 0.1) is 5.92 Å². The first-order chi connectivity index (χ1) is 10.7. The van der Waals surface area contributed by atoms with E-state index in [1.165, 1.54) is 0 Å². The average molecular weight is 315 g/mol. The Balaban J connectivity index is 1.76. The van der Waals surface area contributed by atoms with Gasteiger partial charge in [0.1, 0.15) is 0 Å². The number of carbonyl (C=O) groups excluding carboxylic acids is 1. The second kappa shape index (κ2) is 6.95. The molecule has 1 heterocycles. The second-order valence-corrected chi connectivity index (χ2v) is 6.09. The fourth-order valence-corrected chi connectivity index (χ4v) is 2.68. The highest BCUT2D eigenvalue weighted by Gasteiger charge is 2.27. The predicted molar refractivity (Wildman–Crippen MR) is 88.8 cm³/mol. The molecule has 0 saturated carbocycles. The quantitative estimate of drug-likeness (QED) is 0.891. The third-order valence-electron chi connectivity index (χ3n) is 4.02. The molecule has 0 bridgehead atoms. The molecule has 1 saturated heterocycles. The van der Waals surface area contributed by atoms with E-state index in [0.29, 0.717) is 0 Å². The molecule has 1 atom stereocenters. The van der Waals surface area contributed by atoms with Crippen molar-refractivity contribution in [3.8, 4) is 0 Å². The highest BCUT2D eigenvalue weighted by Crippen LogP contribution is 2.21. The lowest BCUT2D eigenvalue weighted by molar-refractivity contribution is -0.127. The summed E-state index contributed by atoms with van der Waals surface area (Å²) in [7, 11) is 0. The van der Waals surface area contributed by atoms with Gasteiger partial charge in [-0.15, -0.1) is 0 Å². The highest BCUT2D eigenvalue weighted by atomic mass is 35.5. The Morgan fingerprint density at radius 1 is 1.14 bits per heavy atom. The molecule has 4 heteroatoms. The minimum Gasteiger partial charge on any atom is -0.349 e. The van der Waals surface area contributed by atoms with Gasteiger partial charge in [0.05, 0.1) is 12.0 Å². The molecule has 2 N–H and O–H groups in total. The summed E-state index contributed by atoms with van der Waals surface area (Å²) in [5.74, 6) is 0.220. The first kappa shape index (κ1) is 15.1. The van der Waals surface area contributed by atoms with Gasteiger partial charge in [-0.2, -0.15) is 0 Å². The van der Waals surface area contributed by atoms with Crippen molar-refractivity contribution in [3.05, 3.63) is 70.7 Å². The number of benzene rings is 2. The number of hydrogen-bond acceptors (Lipinski definition) is 2. The molecule has 3 nitrogen and oxygen atoms in total. The molecule has 1 aliphatic rings. The smallest absolute Gasteiger partial charge is 0.226 e. The lowest BCUT2D eigenvalue weighted by atomic mass is 9.96. The van der Waals surface area contributed by atoms with E-state index in [0.717, 1.165) is 35.7 Å². The summed E-state index contributed by atoms with van der Waals surface area (Å²) < 4.78 is 0. The van der Waals surface area contributed by atoms with Crippen molar-refractivity contribution in [1.82, 2.24) is 10.6 Å². The monoisotopic (exact) mass is 314 g/mol. The molecule has 1 fully saturated rings. The summed E-state index contributed by atoms with van der Waals surface area (Å²) in [6, 6.07) is 17.9. The summed E-state index contributed by atoms with van der Waals surface area (Å²) in [6.45, 7) is 1.54. The molecule has 2 aromatic carbocycles. The molecule has 0 radical (unpaired) electrons. The van der Waals surface area contributed by atoms with Crippen LogP contribution in [0.15, 0.2) is 54.6 Å². The molecule has 114 valence electrons. The van der Waals surface area contributed by atoms with Crippen LogP contribution < -0.4 is 10.6 Å². The van der Waals surface area contributed by atoms with Crippen molar-refractivity contribution in [1.29, 1.82) is 0 Å². The van der Waals surface area contributed by atoms with Gasteiger partial charge in [0.2, 0.25) is 5.91 Å². The van der Waals surface area contributed by atoms with Crippen LogP contribution in [-0.4, -0.2) is 19.0 Å². The van der Waals surface area contributed by atoms with E-state index in [-0.39, 0.29) is 17.9 Å². The molecular formula is C18H19ClN2O. The summed E-state index contributed by atoms with van der Waals surface area (Å²) in [6.07, 6.45) is 0.757.